The summed E-state index contributed by atoms with van der Waals surface area (Å²) in [5.74, 6) is -1.10. The molecule has 94 valence electrons. The second kappa shape index (κ2) is 4.77. The van der Waals surface area contributed by atoms with Gasteiger partial charge in [0.05, 0.1) is 5.41 Å². The molecule has 1 unspecified atom stereocenters. The number of hydrogen-bond donors (Lipinski definition) is 1. The summed E-state index contributed by atoms with van der Waals surface area (Å²) in [6.07, 6.45) is -5.50. The molecule has 1 rings (SSSR count). The summed E-state index contributed by atoms with van der Waals surface area (Å²) in [5, 5.41) is 8.99. The Labute approximate surface area is 97.1 Å². The van der Waals surface area contributed by atoms with E-state index in [-0.39, 0.29) is 5.56 Å². The Balaban J connectivity index is 3.14. The molecule has 1 aromatic rings. The second-order valence-electron chi connectivity index (χ2n) is 4.29. The fraction of sp³-hybridized carbons (Fsp3) is 0.417. The van der Waals surface area contributed by atoms with Crippen molar-refractivity contribution < 1.29 is 23.1 Å². The van der Waals surface area contributed by atoms with Crippen molar-refractivity contribution in [1.29, 1.82) is 0 Å². The zero-order chi connectivity index (χ0) is 13.2. The number of carbonyl (C=O) groups is 1. The van der Waals surface area contributed by atoms with Gasteiger partial charge in [-0.1, -0.05) is 24.3 Å². The van der Waals surface area contributed by atoms with Crippen LogP contribution >= 0.6 is 0 Å². The van der Waals surface area contributed by atoms with E-state index in [1.165, 1.54) is 38.1 Å². The Kier molecular flexibility index (Phi) is 3.80. The van der Waals surface area contributed by atoms with E-state index < -0.39 is 24.0 Å². The maximum absolute atomic E-state index is 13.1. The number of carboxylic acids is 1. The molecule has 0 aliphatic heterocycles. The maximum Gasteiger partial charge on any atom is 0.313 e. The number of aliphatic carboxylic acids is 1. The molecule has 0 saturated heterocycles. The number of halogens is 3. The first-order valence-electron chi connectivity index (χ1n) is 5.03. The Hall–Kier alpha value is -1.52. The van der Waals surface area contributed by atoms with Crippen LogP contribution in [0.4, 0.5) is 13.2 Å². The molecule has 0 aliphatic carbocycles. The van der Waals surface area contributed by atoms with Gasteiger partial charge in [0.25, 0.3) is 6.43 Å². The van der Waals surface area contributed by atoms with Crippen molar-refractivity contribution in [2.75, 3.05) is 0 Å². The van der Waals surface area contributed by atoms with Crippen LogP contribution in [-0.4, -0.2) is 17.5 Å². The molecule has 0 saturated carbocycles. The van der Waals surface area contributed by atoms with Gasteiger partial charge >= 0.3 is 5.97 Å². The lowest BCUT2D eigenvalue weighted by atomic mass is 9.84. The summed E-state index contributed by atoms with van der Waals surface area (Å²) in [7, 11) is 0. The summed E-state index contributed by atoms with van der Waals surface area (Å²) >= 11 is 0. The first kappa shape index (κ1) is 13.5. The molecule has 0 bridgehead atoms. The van der Waals surface area contributed by atoms with Crippen molar-refractivity contribution in [3.63, 3.8) is 0 Å². The average molecular weight is 246 g/mol. The molecule has 1 aromatic carbocycles. The van der Waals surface area contributed by atoms with E-state index in [2.05, 4.69) is 0 Å². The Morgan fingerprint density at radius 3 is 2.35 bits per heavy atom. The highest BCUT2D eigenvalue weighted by molar-refractivity contribution is 5.80. The van der Waals surface area contributed by atoms with Crippen molar-refractivity contribution in [3.05, 3.63) is 35.4 Å². The molecule has 17 heavy (non-hydrogen) atoms. The number of rotatable bonds is 4. The SMILES string of the molecule is CC(C)(C(=O)O)c1cccc(C(F)C(F)F)c1. The fourth-order valence-corrected chi connectivity index (χ4v) is 1.37. The quantitative estimate of drug-likeness (QED) is 0.884. The number of hydrogen-bond acceptors (Lipinski definition) is 1. The maximum atomic E-state index is 13.1. The predicted molar refractivity (Wildman–Crippen MR) is 57.0 cm³/mol. The molecule has 0 aliphatic rings. The molecule has 0 heterocycles. The topological polar surface area (TPSA) is 37.3 Å². The zero-order valence-electron chi connectivity index (χ0n) is 9.45. The molecule has 2 nitrogen and oxygen atoms in total. The molecule has 0 amide bonds. The van der Waals surface area contributed by atoms with Crippen LogP contribution in [0.15, 0.2) is 24.3 Å². The van der Waals surface area contributed by atoms with Crippen molar-refractivity contribution >= 4 is 5.97 Å². The molecule has 1 atom stereocenters. The first-order valence-corrected chi connectivity index (χ1v) is 5.03. The van der Waals surface area contributed by atoms with E-state index >= 15 is 0 Å². The number of benzene rings is 1. The standard InChI is InChI=1S/C12H13F3O2/c1-12(2,11(16)17)8-5-3-4-7(6-8)9(13)10(14)15/h3-6,9-10H,1-2H3,(H,16,17). The lowest BCUT2D eigenvalue weighted by Gasteiger charge is -2.21. The van der Waals surface area contributed by atoms with Gasteiger partial charge in [-0.05, 0) is 25.0 Å². The van der Waals surface area contributed by atoms with E-state index in [0.717, 1.165) is 0 Å². The second-order valence-corrected chi connectivity index (χ2v) is 4.29. The Morgan fingerprint density at radius 1 is 1.29 bits per heavy atom. The Bertz CT molecular complexity index is 416. The van der Waals surface area contributed by atoms with Crippen LogP contribution < -0.4 is 0 Å². The van der Waals surface area contributed by atoms with Gasteiger partial charge < -0.3 is 5.11 Å². The molecule has 0 radical (unpaired) electrons. The highest BCUT2D eigenvalue weighted by atomic mass is 19.3. The monoisotopic (exact) mass is 246 g/mol. The van der Waals surface area contributed by atoms with Crippen molar-refractivity contribution in [1.82, 2.24) is 0 Å². The van der Waals surface area contributed by atoms with Gasteiger partial charge in [-0.2, -0.15) is 0 Å². The zero-order valence-corrected chi connectivity index (χ0v) is 9.45. The van der Waals surface area contributed by atoms with Crippen molar-refractivity contribution in [2.24, 2.45) is 0 Å². The van der Waals surface area contributed by atoms with Crippen LogP contribution in [0.1, 0.15) is 31.1 Å². The third-order valence-corrected chi connectivity index (χ3v) is 2.68. The lowest BCUT2D eigenvalue weighted by molar-refractivity contribution is -0.142. The highest BCUT2D eigenvalue weighted by Crippen LogP contribution is 2.29. The van der Waals surface area contributed by atoms with Crippen molar-refractivity contribution in [3.8, 4) is 0 Å². The van der Waals surface area contributed by atoms with Crippen molar-refractivity contribution in [2.45, 2.75) is 31.9 Å². The van der Waals surface area contributed by atoms with Gasteiger partial charge in [0.2, 0.25) is 0 Å². The molecule has 0 fully saturated rings. The van der Waals surface area contributed by atoms with Crippen LogP contribution in [0.25, 0.3) is 0 Å². The van der Waals surface area contributed by atoms with E-state index in [4.69, 9.17) is 5.11 Å². The van der Waals surface area contributed by atoms with Gasteiger partial charge in [-0.3, -0.25) is 4.79 Å². The van der Waals surface area contributed by atoms with Crippen LogP contribution in [-0.2, 0) is 10.2 Å². The van der Waals surface area contributed by atoms with Crippen LogP contribution in [0.3, 0.4) is 0 Å². The van der Waals surface area contributed by atoms with E-state index in [9.17, 15) is 18.0 Å². The summed E-state index contributed by atoms with van der Waals surface area (Å²) in [5.41, 5.74) is -1.14. The number of carboxylic acid groups (broad SMARTS) is 1. The Morgan fingerprint density at radius 2 is 1.88 bits per heavy atom. The van der Waals surface area contributed by atoms with Gasteiger partial charge in [0.1, 0.15) is 0 Å². The average Bonchev–Trinajstić information content (AvgIpc) is 2.27. The van der Waals surface area contributed by atoms with E-state index in [1.54, 1.807) is 0 Å². The molecule has 5 heteroatoms. The summed E-state index contributed by atoms with van der Waals surface area (Å²) < 4.78 is 37.5. The molecular weight excluding hydrogens is 233 g/mol. The van der Waals surface area contributed by atoms with Crippen LogP contribution in [0.2, 0.25) is 0 Å². The lowest BCUT2D eigenvalue weighted by Crippen LogP contribution is -2.28. The van der Waals surface area contributed by atoms with Gasteiger partial charge in [-0.25, -0.2) is 13.2 Å². The molecule has 0 aromatic heterocycles. The van der Waals surface area contributed by atoms with Crippen LogP contribution in [0.5, 0.6) is 0 Å². The van der Waals surface area contributed by atoms with Gasteiger partial charge in [0.15, 0.2) is 6.17 Å². The minimum atomic E-state index is -3.11. The van der Waals surface area contributed by atoms with E-state index in [0.29, 0.717) is 5.56 Å². The van der Waals surface area contributed by atoms with Gasteiger partial charge in [0, 0.05) is 0 Å². The molecule has 1 N–H and O–H groups in total. The first-order chi connectivity index (χ1) is 7.76. The molecular formula is C12H13F3O2. The summed E-state index contributed by atoms with van der Waals surface area (Å²) in [6.45, 7) is 2.87. The predicted octanol–water partition coefficient (Wildman–Crippen LogP) is 3.32. The molecule has 0 spiro atoms. The summed E-state index contributed by atoms with van der Waals surface area (Å²) in [4.78, 5) is 11.0. The highest BCUT2D eigenvalue weighted by Gasteiger charge is 2.31. The smallest absolute Gasteiger partial charge is 0.313 e. The summed E-state index contributed by atoms with van der Waals surface area (Å²) in [6, 6.07) is 5.25. The fourth-order valence-electron chi connectivity index (χ4n) is 1.37. The van der Waals surface area contributed by atoms with E-state index in [1.807, 2.05) is 0 Å². The largest absolute Gasteiger partial charge is 0.481 e. The number of alkyl halides is 3. The normalized spacial score (nSPS) is 13.8. The third-order valence-electron chi connectivity index (χ3n) is 2.68. The minimum Gasteiger partial charge on any atom is -0.481 e. The minimum absolute atomic E-state index is 0.202. The van der Waals surface area contributed by atoms with Gasteiger partial charge in [-0.15, -0.1) is 0 Å². The third kappa shape index (κ3) is 2.78. The van der Waals surface area contributed by atoms with Crippen LogP contribution in [0, 0.1) is 0 Å².